The molecule has 0 aliphatic carbocycles. The third kappa shape index (κ3) is 4.88. The second kappa shape index (κ2) is 8.60. The van der Waals surface area contributed by atoms with Crippen molar-refractivity contribution in [2.24, 2.45) is 0 Å². The molecule has 0 bridgehead atoms. The molecule has 2 rings (SSSR count). The van der Waals surface area contributed by atoms with E-state index in [1.54, 1.807) is 25.3 Å². The van der Waals surface area contributed by atoms with Crippen LogP contribution in [0.5, 0.6) is 11.5 Å². The van der Waals surface area contributed by atoms with Crippen LogP contribution in [0.15, 0.2) is 48.5 Å². The van der Waals surface area contributed by atoms with Crippen LogP contribution >= 0.6 is 0 Å². The zero-order chi connectivity index (χ0) is 18.2. The molecule has 1 unspecified atom stereocenters. The maximum atomic E-state index is 11.0. The standard InChI is InChI=1S/C19H20N2O4/c1-21(19(22)23)11-10-17(14-6-4-3-5-7-14)25-18-12-16(24-2)9-8-15(18)13-20/h3-9,12,17H,10-11H2,1-2H3,(H,22,23). The number of benzene rings is 2. The Bertz CT molecular complexity index is 756. The van der Waals surface area contributed by atoms with Crippen molar-refractivity contribution in [3.8, 4) is 17.6 Å². The van der Waals surface area contributed by atoms with Crippen LogP contribution in [-0.2, 0) is 0 Å². The highest BCUT2D eigenvalue weighted by Gasteiger charge is 2.18. The van der Waals surface area contributed by atoms with E-state index in [1.165, 1.54) is 11.9 Å². The summed E-state index contributed by atoms with van der Waals surface area (Å²) in [6, 6.07) is 16.6. The lowest BCUT2D eigenvalue weighted by molar-refractivity contribution is 0.140. The van der Waals surface area contributed by atoms with Crippen molar-refractivity contribution in [2.45, 2.75) is 12.5 Å². The Morgan fingerprint density at radius 2 is 2.00 bits per heavy atom. The van der Waals surface area contributed by atoms with Gasteiger partial charge in [0, 0.05) is 26.1 Å². The topological polar surface area (TPSA) is 82.8 Å². The Hall–Kier alpha value is -3.20. The molecule has 1 amide bonds. The highest BCUT2D eigenvalue weighted by atomic mass is 16.5. The molecule has 0 heterocycles. The summed E-state index contributed by atoms with van der Waals surface area (Å²) in [5, 5.41) is 18.3. The largest absolute Gasteiger partial charge is 0.497 e. The summed E-state index contributed by atoms with van der Waals surface area (Å²) in [6.45, 7) is 0.306. The van der Waals surface area contributed by atoms with Gasteiger partial charge in [-0.3, -0.25) is 0 Å². The minimum atomic E-state index is -0.995. The molecule has 6 nitrogen and oxygen atoms in total. The molecule has 0 fully saturated rings. The molecule has 0 spiro atoms. The van der Waals surface area contributed by atoms with Crippen LogP contribution in [0.1, 0.15) is 23.7 Å². The SMILES string of the molecule is COc1ccc(C#N)c(OC(CCN(C)C(=O)O)c2ccccc2)c1. The summed E-state index contributed by atoms with van der Waals surface area (Å²) < 4.78 is 11.3. The van der Waals surface area contributed by atoms with Gasteiger partial charge in [0.05, 0.1) is 12.7 Å². The Labute approximate surface area is 146 Å². The average molecular weight is 340 g/mol. The van der Waals surface area contributed by atoms with Gasteiger partial charge >= 0.3 is 6.09 Å². The summed E-state index contributed by atoms with van der Waals surface area (Å²) in [5.41, 5.74) is 1.31. The molecule has 0 aliphatic rings. The lowest BCUT2D eigenvalue weighted by Crippen LogP contribution is -2.27. The molecular formula is C19H20N2O4. The first-order valence-corrected chi connectivity index (χ1v) is 7.79. The summed E-state index contributed by atoms with van der Waals surface area (Å²) in [5.74, 6) is 0.997. The molecule has 1 N–H and O–H groups in total. The predicted molar refractivity (Wildman–Crippen MR) is 92.8 cm³/mol. The van der Waals surface area contributed by atoms with Crippen molar-refractivity contribution in [3.05, 3.63) is 59.7 Å². The summed E-state index contributed by atoms with van der Waals surface area (Å²) in [7, 11) is 3.05. The summed E-state index contributed by atoms with van der Waals surface area (Å²) in [4.78, 5) is 12.2. The second-order valence-electron chi connectivity index (χ2n) is 5.48. The number of hydrogen-bond acceptors (Lipinski definition) is 4. The highest BCUT2D eigenvalue weighted by molar-refractivity contribution is 5.64. The molecule has 25 heavy (non-hydrogen) atoms. The molecule has 0 aliphatic heterocycles. The number of nitrogens with zero attached hydrogens (tertiary/aromatic N) is 2. The van der Waals surface area contributed by atoms with Crippen LogP contribution in [0, 0.1) is 11.3 Å². The fourth-order valence-corrected chi connectivity index (χ4v) is 2.34. The van der Waals surface area contributed by atoms with Gasteiger partial charge < -0.3 is 19.5 Å². The first kappa shape index (κ1) is 18.1. The molecule has 0 radical (unpaired) electrons. The van der Waals surface area contributed by atoms with Gasteiger partial charge in [-0.15, -0.1) is 0 Å². The van der Waals surface area contributed by atoms with E-state index in [2.05, 4.69) is 6.07 Å². The first-order chi connectivity index (χ1) is 12.0. The van der Waals surface area contributed by atoms with Crippen LogP contribution in [-0.4, -0.2) is 36.8 Å². The van der Waals surface area contributed by atoms with Crippen LogP contribution in [0.25, 0.3) is 0 Å². The molecule has 0 saturated carbocycles. The Morgan fingerprint density at radius 1 is 1.28 bits per heavy atom. The number of nitriles is 1. The second-order valence-corrected chi connectivity index (χ2v) is 5.48. The average Bonchev–Trinajstić information content (AvgIpc) is 2.65. The van der Waals surface area contributed by atoms with E-state index in [9.17, 15) is 10.1 Å². The van der Waals surface area contributed by atoms with Gasteiger partial charge in [-0.1, -0.05) is 30.3 Å². The molecule has 1 atom stereocenters. The van der Waals surface area contributed by atoms with Crippen molar-refractivity contribution >= 4 is 6.09 Å². The minimum absolute atomic E-state index is 0.306. The molecule has 2 aromatic carbocycles. The fraction of sp³-hybridized carbons (Fsp3) is 0.263. The van der Waals surface area contributed by atoms with Crippen molar-refractivity contribution in [1.29, 1.82) is 5.26 Å². The number of ether oxygens (including phenoxy) is 2. The third-order valence-corrected chi connectivity index (χ3v) is 3.80. The van der Waals surface area contributed by atoms with Crippen molar-refractivity contribution in [1.82, 2.24) is 4.90 Å². The number of hydrogen-bond donors (Lipinski definition) is 1. The van der Waals surface area contributed by atoms with Gasteiger partial charge in [-0.05, 0) is 17.7 Å². The predicted octanol–water partition coefficient (Wildman–Crippen LogP) is 3.69. The lowest BCUT2D eigenvalue weighted by atomic mass is 10.1. The number of rotatable bonds is 7. The smallest absolute Gasteiger partial charge is 0.407 e. The van der Waals surface area contributed by atoms with Crippen LogP contribution in [0.4, 0.5) is 4.79 Å². The molecule has 2 aromatic rings. The molecule has 0 saturated heterocycles. The molecule has 6 heteroatoms. The maximum absolute atomic E-state index is 11.0. The normalized spacial score (nSPS) is 11.2. The van der Waals surface area contributed by atoms with Gasteiger partial charge in [0.15, 0.2) is 0 Å². The van der Waals surface area contributed by atoms with Crippen LogP contribution in [0.2, 0.25) is 0 Å². The van der Waals surface area contributed by atoms with E-state index in [1.807, 2.05) is 30.3 Å². The zero-order valence-corrected chi connectivity index (χ0v) is 14.2. The Morgan fingerprint density at radius 3 is 2.60 bits per heavy atom. The number of amides is 1. The van der Waals surface area contributed by atoms with E-state index in [-0.39, 0.29) is 6.10 Å². The maximum Gasteiger partial charge on any atom is 0.407 e. The lowest BCUT2D eigenvalue weighted by Gasteiger charge is -2.23. The molecule has 130 valence electrons. The van der Waals surface area contributed by atoms with E-state index >= 15 is 0 Å². The quantitative estimate of drug-likeness (QED) is 0.831. The van der Waals surface area contributed by atoms with Crippen molar-refractivity contribution in [2.75, 3.05) is 20.7 Å². The van der Waals surface area contributed by atoms with Crippen LogP contribution in [0.3, 0.4) is 0 Å². The van der Waals surface area contributed by atoms with Crippen molar-refractivity contribution < 1.29 is 19.4 Å². The van der Waals surface area contributed by atoms with E-state index in [0.29, 0.717) is 30.0 Å². The van der Waals surface area contributed by atoms with Crippen molar-refractivity contribution in [3.63, 3.8) is 0 Å². The fourth-order valence-electron chi connectivity index (χ4n) is 2.34. The van der Waals surface area contributed by atoms with E-state index in [0.717, 1.165) is 5.56 Å². The molecular weight excluding hydrogens is 320 g/mol. The van der Waals surface area contributed by atoms with E-state index in [4.69, 9.17) is 14.6 Å². The van der Waals surface area contributed by atoms with Gasteiger partial charge in [-0.2, -0.15) is 5.26 Å². The first-order valence-electron chi connectivity index (χ1n) is 7.79. The summed E-state index contributed by atoms with van der Waals surface area (Å²) in [6.07, 6.45) is -0.928. The Balaban J connectivity index is 2.27. The minimum Gasteiger partial charge on any atom is -0.497 e. The van der Waals surface area contributed by atoms with E-state index < -0.39 is 6.09 Å². The summed E-state index contributed by atoms with van der Waals surface area (Å²) >= 11 is 0. The number of carbonyl (C=O) groups is 1. The number of carboxylic acid groups (broad SMARTS) is 1. The zero-order valence-electron chi connectivity index (χ0n) is 14.2. The van der Waals surface area contributed by atoms with Gasteiger partial charge in [0.1, 0.15) is 23.7 Å². The van der Waals surface area contributed by atoms with Gasteiger partial charge in [0.2, 0.25) is 0 Å². The van der Waals surface area contributed by atoms with Crippen LogP contribution < -0.4 is 9.47 Å². The van der Waals surface area contributed by atoms with Gasteiger partial charge in [0.25, 0.3) is 0 Å². The highest BCUT2D eigenvalue weighted by Crippen LogP contribution is 2.30. The van der Waals surface area contributed by atoms with Gasteiger partial charge in [-0.25, -0.2) is 4.79 Å². The Kier molecular flexibility index (Phi) is 6.24. The number of methoxy groups -OCH3 is 1. The third-order valence-electron chi connectivity index (χ3n) is 3.80. The monoisotopic (exact) mass is 340 g/mol. The molecule has 0 aromatic heterocycles.